The fourth-order valence-electron chi connectivity index (χ4n) is 2.97. The van der Waals surface area contributed by atoms with E-state index in [1.54, 1.807) is 0 Å². The molecule has 2 fully saturated rings. The van der Waals surface area contributed by atoms with E-state index in [4.69, 9.17) is 0 Å². The summed E-state index contributed by atoms with van der Waals surface area (Å²) in [6.07, 6.45) is 3.07. The maximum atomic E-state index is 13.5. The van der Waals surface area contributed by atoms with Crippen LogP contribution in [0.5, 0.6) is 0 Å². The third-order valence-electron chi connectivity index (χ3n) is 3.81. The van der Waals surface area contributed by atoms with Crippen LogP contribution in [0.1, 0.15) is 19.3 Å². The first kappa shape index (κ1) is 11.8. The number of pyridine rings is 1. The van der Waals surface area contributed by atoms with Gasteiger partial charge in [0.05, 0.1) is 0 Å². The number of hydrogen-bond donors (Lipinski definition) is 1. The fourth-order valence-corrected chi connectivity index (χ4v) is 2.97. The van der Waals surface area contributed by atoms with Gasteiger partial charge in [0, 0.05) is 24.7 Å². The van der Waals surface area contributed by atoms with Crippen LogP contribution in [0.3, 0.4) is 0 Å². The summed E-state index contributed by atoms with van der Waals surface area (Å²) >= 11 is 0. The maximum Gasteiger partial charge on any atom is 0.251 e. The lowest BCUT2D eigenvalue weighted by molar-refractivity contribution is 0.318. The molecule has 1 aromatic heterocycles. The SMILES string of the molecule is Fc1cc(F)c(NC2CCN3CCCC23)nc1F. The minimum atomic E-state index is -1.26. The van der Waals surface area contributed by atoms with Gasteiger partial charge in [-0.05, 0) is 25.8 Å². The second kappa shape index (κ2) is 4.42. The van der Waals surface area contributed by atoms with E-state index in [0.29, 0.717) is 12.1 Å². The quantitative estimate of drug-likeness (QED) is 0.823. The van der Waals surface area contributed by atoms with Gasteiger partial charge in [0.15, 0.2) is 17.5 Å². The molecule has 0 bridgehead atoms. The summed E-state index contributed by atoms with van der Waals surface area (Å²) in [7, 11) is 0. The predicted molar refractivity (Wildman–Crippen MR) is 60.7 cm³/mol. The van der Waals surface area contributed by atoms with Crippen molar-refractivity contribution in [1.82, 2.24) is 9.88 Å². The van der Waals surface area contributed by atoms with E-state index in [-0.39, 0.29) is 11.9 Å². The Kier molecular flexibility index (Phi) is 2.89. The molecule has 2 aliphatic rings. The van der Waals surface area contributed by atoms with Crippen LogP contribution in [-0.4, -0.2) is 35.1 Å². The molecule has 0 radical (unpaired) electrons. The van der Waals surface area contributed by atoms with Crippen LogP contribution in [0.2, 0.25) is 0 Å². The van der Waals surface area contributed by atoms with Gasteiger partial charge in [-0.3, -0.25) is 4.90 Å². The number of aromatic nitrogens is 1. The highest BCUT2D eigenvalue weighted by Crippen LogP contribution is 2.30. The van der Waals surface area contributed by atoms with Crippen LogP contribution >= 0.6 is 0 Å². The predicted octanol–water partition coefficient (Wildman–Crippen LogP) is 2.15. The molecule has 0 aromatic carbocycles. The first-order valence-electron chi connectivity index (χ1n) is 6.17. The lowest BCUT2D eigenvalue weighted by Gasteiger charge is -2.21. The fraction of sp³-hybridized carbons (Fsp3) is 0.583. The van der Waals surface area contributed by atoms with Crippen LogP contribution in [0.25, 0.3) is 0 Å². The summed E-state index contributed by atoms with van der Waals surface area (Å²) in [5, 5.41) is 2.91. The van der Waals surface area contributed by atoms with Crippen molar-refractivity contribution >= 4 is 5.82 Å². The van der Waals surface area contributed by atoms with Gasteiger partial charge in [-0.1, -0.05) is 0 Å². The van der Waals surface area contributed by atoms with Crippen LogP contribution in [0.4, 0.5) is 19.0 Å². The average molecular weight is 257 g/mol. The van der Waals surface area contributed by atoms with Crippen molar-refractivity contribution in [2.75, 3.05) is 18.4 Å². The summed E-state index contributed by atoms with van der Waals surface area (Å²) in [6, 6.07) is 0.963. The van der Waals surface area contributed by atoms with Gasteiger partial charge < -0.3 is 5.32 Å². The number of halogens is 3. The molecular formula is C12H14F3N3. The first-order chi connectivity index (χ1) is 8.65. The Morgan fingerprint density at radius 3 is 2.83 bits per heavy atom. The monoisotopic (exact) mass is 257 g/mol. The van der Waals surface area contributed by atoms with Crippen molar-refractivity contribution in [2.24, 2.45) is 0 Å². The highest BCUT2D eigenvalue weighted by Gasteiger charge is 2.37. The molecule has 98 valence electrons. The number of hydrogen-bond acceptors (Lipinski definition) is 3. The third kappa shape index (κ3) is 1.94. The van der Waals surface area contributed by atoms with Gasteiger partial charge in [0.25, 0.3) is 5.95 Å². The van der Waals surface area contributed by atoms with E-state index in [9.17, 15) is 13.2 Å². The number of nitrogens with zero attached hydrogens (tertiary/aromatic N) is 2. The van der Waals surface area contributed by atoms with E-state index < -0.39 is 17.6 Å². The van der Waals surface area contributed by atoms with Gasteiger partial charge in [-0.2, -0.15) is 9.37 Å². The molecule has 0 saturated carbocycles. The number of nitrogens with one attached hydrogen (secondary N) is 1. The van der Waals surface area contributed by atoms with Crippen molar-refractivity contribution in [1.29, 1.82) is 0 Å². The Hall–Kier alpha value is -1.30. The van der Waals surface area contributed by atoms with Gasteiger partial charge in [0.2, 0.25) is 0 Å². The molecule has 18 heavy (non-hydrogen) atoms. The molecule has 2 saturated heterocycles. The zero-order valence-corrected chi connectivity index (χ0v) is 9.80. The van der Waals surface area contributed by atoms with Gasteiger partial charge in [-0.15, -0.1) is 0 Å². The minimum absolute atomic E-state index is 0.0689. The van der Waals surface area contributed by atoms with Crippen LogP contribution in [0, 0.1) is 17.6 Å². The van der Waals surface area contributed by atoms with Crippen molar-refractivity contribution in [3.05, 3.63) is 23.6 Å². The van der Waals surface area contributed by atoms with Crippen LogP contribution in [0.15, 0.2) is 6.07 Å². The number of fused-ring (bicyclic) bond motifs is 1. The summed E-state index contributed by atoms with van der Waals surface area (Å²) in [4.78, 5) is 5.65. The molecule has 2 aliphatic heterocycles. The Morgan fingerprint density at radius 2 is 2.00 bits per heavy atom. The smallest absolute Gasteiger partial charge is 0.251 e. The van der Waals surface area contributed by atoms with Crippen molar-refractivity contribution in [2.45, 2.75) is 31.3 Å². The molecule has 2 unspecified atom stereocenters. The standard InChI is InChI=1S/C12H14F3N3/c13-7-6-8(14)12(17-11(7)15)16-9-3-5-18-4-1-2-10(9)18/h6,9-10H,1-5H2,(H,16,17). The van der Waals surface area contributed by atoms with Crippen LogP contribution < -0.4 is 5.32 Å². The normalized spacial score (nSPS) is 27.5. The molecule has 1 N–H and O–H groups in total. The van der Waals surface area contributed by atoms with E-state index in [2.05, 4.69) is 15.2 Å². The minimum Gasteiger partial charge on any atom is -0.363 e. The molecule has 0 spiro atoms. The average Bonchev–Trinajstić information content (AvgIpc) is 2.90. The first-order valence-corrected chi connectivity index (χ1v) is 6.17. The van der Waals surface area contributed by atoms with E-state index in [1.807, 2.05) is 0 Å². The highest BCUT2D eigenvalue weighted by molar-refractivity contribution is 5.38. The molecule has 3 rings (SSSR count). The zero-order chi connectivity index (χ0) is 12.7. The zero-order valence-electron chi connectivity index (χ0n) is 9.80. The Bertz CT molecular complexity index is 466. The number of rotatable bonds is 2. The summed E-state index contributed by atoms with van der Waals surface area (Å²) < 4.78 is 39.3. The second-order valence-electron chi connectivity index (χ2n) is 4.88. The summed E-state index contributed by atoms with van der Waals surface area (Å²) in [5.41, 5.74) is 0. The van der Waals surface area contributed by atoms with Crippen molar-refractivity contribution in [3.63, 3.8) is 0 Å². The Morgan fingerprint density at radius 1 is 1.17 bits per heavy atom. The highest BCUT2D eigenvalue weighted by atomic mass is 19.2. The molecule has 2 atom stereocenters. The molecule has 1 aromatic rings. The number of anilines is 1. The van der Waals surface area contributed by atoms with Crippen molar-refractivity contribution < 1.29 is 13.2 Å². The summed E-state index contributed by atoms with van der Waals surface area (Å²) in [5.74, 6) is -3.55. The molecule has 0 aliphatic carbocycles. The van der Waals surface area contributed by atoms with E-state index in [1.165, 1.54) is 0 Å². The largest absolute Gasteiger partial charge is 0.363 e. The lowest BCUT2D eigenvalue weighted by Crippen LogP contribution is -2.34. The third-order valence-corrected chi connectivity index (χ3v) is 3.81. The molecule has 3 nitrogen and oxygen atoms in total. The topological polar surface area (TPSA) is 28.2 Å². The lowest BCUT2D eigenvalue weighted by atomic mass is 10.1. The van der Waals surface area contributed by atoms with Gasteiger partial charge in [0.1, 0.15) is 0 Å². The van der Waals surface area contributed by atoms with E-state index >= 15 is 0 Å². The van der Waals surface area contributed by atoms with E-state index in [0.717, 1.165) is 32.4 Å². The van der Waals surface area contributed by atoms with Crippen LogP contribution in [-0.2, 0) is 0 Å². The van der Waals surface area contributed by atoms with Gasteiger partial charge in [-0.25, -0.2) is 8.78 Å². The summed E-state index contributed by atoms with van der Waals surface area (Å²) in [6.45, 7) is 2.03. The molecule has 3 heterocycles. The van der Waals surface area contributed by atoms with Gasteiger partial charge >= 0.3 is 0 Å². The molecule has 0 amide bonds. The Labute approximate surface area is 103 Å². The van der Waals surface area contributed by atoms with Crippen molar-refractivity contribution in [3.8, 4) is 0 Å². The molecule has 6 heteroatoms. The maximum absolute atomic E-state index is 13.5. The second-order valence-corrected chi connectivity index (χ2v) is 4.88. The molecular weight excluding hydrogens is 243 g/mol. The Balaban J connectivity index is 1.78.